The predicted molar refractivity (Wildman–Crippen MR) is 69.0 cm³/mol. The van der Waals surface area contributed by atoms with Crippen LogP contribution in [0.1, 0.15) is 17.4 Å². The third-order valence-electron chi connectivity index (χ3n) is 2.54. The lowest BCUT2D eigenvalue weighted by atomic mass is 10.1. The van der Waals surface area contributed by atoms with Gasteiger partial charge in [-0.1, -0.05) is 0 Å². The van der Waals surface area contributed by atoms with Crippen LogP contribution < -0.4 is 5.32 Å². The molecule has 4 heteroatoms. The van der Waals surface area contributed by atoms with Gasteiger partial charge in [0.15, 0.2) is 0 Å². The number of rotatable bonds is 3. The Morgan fingerprint density at radius 2 is 2.12 bits per heavy atom. The summed E-state index contributed by atoms with van der Waals surface area (Å²) < 4.78 is 0. The standard InChI is InChI=1S/C12H15N3S/c1-4-13-12-8(2)11(14-7-15-12)10-5-6-16-9(10)3/h5-7H,4H2,1-3H3,(H,13,14,15). The van der Waals surface area contributed by atoms with Crippen LogP contribution in [0.15, 0.2) is 17.8 Å². The van der Waals surface area contributed by atoms with Gasteiger partial charge in [-0.2, -0.15) is 0 Å². The zero-order chi connectivity index (χ0) is 11.5. The Kier molecular flexibility index (Phi) is 3.19. The summed E-state index contributed by atoms with van der Waals surface area (Å²) >= 11 is 1.75. The molecule has 0 spiro atoms. The van der Waals surface area contributed by atoms with Gasteiger partial charge in [-0.15, -0.1) is 11.3 Å². The van der Waals surface area contributed by atoms with Crippen LogP contribution in [-0.2, 0) is 0 Å². The minimum absolute atomic E-state index is 0.875. The van der Waals surface area contributed by atoms with E-state index >= 15 is 0 Å². The Labute approximate surface area is 99.6 Å². The molecule has 1 N–H and O–H groups in total. The predicted octanol–water partition coefficient (Wildman–Crippen LogP) is 3.25. The van der Waals surface area contributed by atoms with E-state index in [4.69, 9.17) is 0 Å². The molecule has 3 nitrogen and oxygen atoms in total. The average Bonchev–Trinajstić information content (AvgIpc) is 2.68. The number of thiophene rings is 1. The van der Waals surface area contributed by atoms with Crippen molar-refractivity contribution in [3.05, 3.63) is 28.2 Å². The first-order valence-corrected chi connectivity index (χ1v) is 6.22. The molecular formula is C12H15N3S. The van der Waals surface area contributed by atoms with E-state index in [1.807, 2.05) is 0 Å². The van der Waals surface area contributed by atoms with Crippen LogP contribution in [0.4, 0.5) is 5.82 Å². The maximum atomic E-state index is 4.38. The monoisotopic (exact) mass is 233 g/mol. The molecule has 2 aromatic heterocycles. The van der Waals surface area contributed by atoms with E-state index in [1.165, 1.54) is 10.4 Å². The van der Waals surface area contributed by atoms with Crippen LogP contribution in [0.25, 0.3) is 11.3 Å². The van der Waals surface area contributed by atoms with E-state index in [1.54, 1.807) is 17.7 Å². The van der Waals surface area contributed by atoms with Gasteiger partial charge in [0.25, 0.3) is 0 Å². The molecule has 0 bridgehead atoms. The van der Waals surface area contributed by atoms with Gasteiger partial charge in [0.1, 0.15) is 12.1 Å². The zero-order valence-electron chi connectivity index (χ0n) is 9.74. The van der Waals surface area contributed by atoms with Crippen molar-refractivity contribution >= 4 is 17.2 Å². The number of aryl methyl sites for hydroxylation is 1. The van der Waals surface area contributed by atoms with Gasteiger partial charge in [-0.05, 0) is 32.2 Å². The highest BCUT2D eigenvalue weighted by Gasteiger charge is 2.10. The minimum atomic E-state index is 0.875. The van der Waals surface area contributed by atoms with Crippen molar-refractivity contribution in [2.24, 2.45) is 0 Å². The third kappa shape index (κ3) is 1.93. The van der Waals surface area contributed by atoms with Crippen LogP contribution in [0.3, 0.4) is 0 Å². The number of aromatic nitrogens is 2. The van der Waals surface area contributed by atoms with Crippen LogP contribution in [0.5, 0.6) is 0 Å². The average molecular weight is 233 g/mol. The summed E-state index contributed by atoms with van der Waals surface area (Å²) in [6.07, 6.45) is 1.62. The van der Waals surface area contributed by atoms with E-state index in [0.717, 1.165) is 23.6 Å². The Bertz CT molecular complexity index is 491. The Morgan fingerprint density at radius 1 is 1.31 bits per heavy atom. The molecule has 2 heterocycles. The summed E-state index contributed by atoms with van der Waals surface area (Å²) in [5, 5.41) is 5.35. The molecule has 0 aliphatic heterocycles. The first kappa shape index (κ1) is 11.1. The fraction of sp³-hybridized carbons (Fsp3) is 0.333. The Hall–Kier alpha value is -1.42. The lowest BCUT2D eigenvalue weighted by Crippen LogP contribution is -2.03. The molecule has 0 saturated heterocycles. The molecule has 0 saturated carbocycles. The third-order valence-corrected chi connectivity index (χ3v) is 3.39. The van der Waals surface area contributed by atoms with Crippen molar-refractivity contribution in [1.82, 2.24) is 9.97 Å². The van der Waals surface area contributed by atoms with Crippen molar-refractivity contribution in [1.29, 1.82) is 0 Å². The Morgan fingerprint density at radius 3 is 2.75 bits per heavy atom. The molecule has 0 amide bonds. The maximum absolute atomic E-state index is 4.38. The molecule has 0 radical (unpaired) electrons. The van der Waals surface area contributed by atoms with Gasteiger partial charge in [-0.3, -0.25) is 0 Å². The van der Waals surface area contributed by atoms with Crippen molar-refractivity contribution in [3.8, 4) is 11.3 Å². The number of anilines is 1. The van der Waals surface area contributed by atoms with Crippen molar-refractivity contribution in [2.75, 3.05) is 11.9 Å². The zero-order valence-corrected chi connectivity index (χ0v) is 10.6. The second-order valence-corrected chi connectivity index (χ2v) is 4.74. The molecule has 0 unspecified atom stereocenters. The molecule has 0 aliphatic rings. The molecule has 0 atom stereocenters. The summed E-state index contributed by atoms with van der Waals surface area (Å²) in [5.41, 5.74) is 3.36. The van der Waals surface area contributed by atoms with Gasteiger partial charge in [0.05, 0.1) is 5.69 Å². The highest BCUT2D eigenvalue weighted by atomic mass is 32.1. The lowest BCUT2D eigenvalue weighted by Gasteiger charge is -2.09. The quantitative estimate of drug-likeness (QED) is 0.884. The van der Waals surface area contributed by atoms with E-state index < -0.39 is 0 Å². The molecule has 2 rings (SSSR count). The number of nitrogens with zero attached hydrogens (tertiary/aromatic N) is 2. The fourth-order valence-electron chi connectivity index (χ4n) is 1.70. The highest BCUT2D eigenvalue weighted by molar-refractivity contribution is 7.10. The van der Waals surface area contributed by atoms with Gasteiger partial charge in [0.2, 0.25) is 0 Å². The number of hydrogen-bond acceptors (Lipinski definition) is 4. The largest absolute Gasteiger partial charge is 0.370 e. The summed E-state index contributed by atoms with van der Waals surface area (Å²) in [6, 6.07) is 2.12. The van der Waals surface area contributed by atoms with Crippen molar-refractivity contribution < 1.29 is 0 Å². The van der Waals surface area contributed by atoms with Gasteiger partial charge < -0.3 is 5.32 Å². The summed E-state index contributed by atoms with van der Waals surface area (Å²) in [6.45, 7) is 7.12. The SMILES string of the molecule is CCNc1ncnc(-c2ccsc2C)c1C. The van der Waals surface area contributed by atoms with E-state index in [-0.39, 0.29) is 0 Å². The topological polar surface area (TPSA) is 37.8 Å². The second-order valence-electron chi connectivity index (χ2n) is 3.62. The second kappa shape index (κ2) is 4.61. The number of hydrogen-bond donors (Lipinski definition) is 1. The molecular weight excluding hydrogens is 218 g/mol. The van der Waals surface area contributed by atoms with E-state index in [9.17, 15) is 0 Å². The van der Waals surface area contributed by atoms with Crippen LogP contribution in [0, 0.1) is 13.8 Å². The first-order chi connectivity index (χ1) is 7.74. The van der Waals surface area contributed by atoms with Gasteiger partial charge >= 0.3 is 0 Å². The molecule has 0 aliphatic carbocycles. The Balaban J connectivity index is 2.50. The summed E-state index contributed by atoms with van der Waals surface area (Å²) in [4.78, 5) is 9.93. The smallest absolute Gasteiger partial charge is 0.132 e. The van der Waals surface area contributed by atoms with Gasteiger partial charge in [0, 0.05) is 22.5 Å². The van der Waals surface area contributed by atoms with E-state index in [0.29, 0.717) is 0 Å². The number of nitrogens with one attached hydrogen (secondary N) is 1. The first-order valence-electron chi connectivity index (χ1n) is 5.34. The maximum Gasteiger partial charge on any atom is 0.132 e. The van der Waals surface area contributed by atoms with Crippen LogP contribution in [0.2, 0.25) is 0 Å². The normalized spacial score (nSPS) is 10.4. The fourth-order valence-corrected chi connectivity index (χ4v) is 2.40. The summed E-state index contributed by atoms with van der Waals surface area (Å²) in [5.74, 6) is 0.929. The molecule has 0 aromatic carbocycles. The van der Waals surface area contributed by atoms with Crippen LogP contribution >= 0.6 is 11.3 Å². The lowest BCUT2D eigenvalue weighted by molar-refractivity contribution is 1.09. The summed E-state index contributed by atoms with van der Waals surface area (Å²) in [7, 11) is 0. The van der Waals surface area contributed by atoms with Crippen molar-refractivity contribution in [3.63, 3.8) is 0 Å². The molecule has 0 fully saturated rings. The molecule has 2 aromatic rings. The van der Waals surface area contributed by atoms with Crippen molar-refractivity contribution in [2.45, 2.75) is 20.8 Å². The van der Waals surface area contributed by atoms with Gasteiger partial charge in [-0.25, -0.2) is 9.97 Å². The minimum Gasteiger partial charge on any atom is -0.370 e. The highest BCUT2D eigenvalue weighted by Crippen LogP contribution is 2.30. The van der Waals surface area contributed by atoms with Crippen LogP contribution in [-0.4, -0.2) is 16.5 Å². The molecule has 16 heavy (non-hydrogen) atoms. The van der Waals surface area contributed by atoms with E-state index in [2.05, 4.69) is 47.5 Å². The molecule has 84 valence electrons.